The number of hydrogen-bond donors (Lipinski definition) is 9. The minimum absolute atomic E-state index is 0.0120. The second-order valence-electron chi connectivity index (χ2n) is 9.65. The van der Waals surface area contributed by atoms with Crippen LogP contribution in [0.25, 0.3) is 10.9 Å². The standard InChI is InChI=1S/C26H33N9O7/c27-16(5-6-21(28)36)23(38)33-18(7-13-10-31-17-4-2-1-3-15(13)17)24(39)34-19(8-14-11-30-12-32-14)25(40)35-20(26(41)42)9-22(29)37/h1-4,10-12,16,18-20,31H,5-9,27H2,(H2,28,36)(H2,29,37)(H,30,32)(H,33,38)(H,34,39)(H,35,40)(H,41,42). The van der Waals surface area contributed by atoms with Crippen LogP contribution in [-0.4, -0.2) is 79.7 Å². The summed E-state index contributed by atoms with van der Waals surface area (Å²) in [4.78, 5) is 83.5. The molecule has 0 radical (unpaired) electrons. The number of carboxylic acid groups (broad SMARTS) is 1. The maximum Gasteiger partial charge on any atom is 0.326 e. The molecule has 2 aromatic heterocycles. The highest BCUT2D eigenvalue weighted by molar-refractivity contribution is 5.95. The lowest BCUT2D eigenvalue weighted by atomic mass is 10.0. The predicted molar refractivity (Wildman–Crippen MR) is 148 cm³/mol. The van der Waals surface area contributed by atoms with E-state index < -0.39 is 66.1 Å². The van der Waals surface area contributed by atoms with Gasteiger partial charge in [-0.1, -0.05) is 18.2 Å². The molecule has 224 valence electrons. The van der Waals surface area contributed by atoms with Gasteiger partial charge < -0.3 is 48.2 Å². The minimum Gasteiger partial charge on any atom is -0.480 e. The van der Waals surface area contributed by atoms with Gasteiger partial charge in [0.2, 0.25) is 29.5 Å². The molecule has 0 bridgehead atoms. The summed E-state index contributed by atoms with van der Waals surface area (Å²) < 4.78 is 0. The Balaban J connectivity index is 1.86. The molecule has 3 aromatic rings. The number of primary amides is 2. The number of nitrogens with two attached hydrogens (primary N) is 3. The maximum atomic E-state index is 13.6. The van der Waals surface area contributed by atoms with E-state index in [1.54, 1.807) is 6.20 Å². The van der Waals surface area contributed by atoms with Crippen molar-refractivity contribution >= 4 is 46.4 Å². The zero-order valence-electron chi connectivity index (χ0n) is 22.5. The number of aromatic nitrogens is 3. The first-order chi connectivity index (χ1) is 19.9. The third kappa shape index (κ3) is 8.88. The number of rotatable bonds is 16. The van der Waals surface area contributed by atoms with Crippen LogP contribution in [0.2, 0.25) is 0 Å². The average Bonchev–Trinajstić information content (AvgIpc) is 3.60. The number of para-hydroxylation sites is 1. The molecular formula is C26H33N9O7. The van der Waals surface area contributed by atoms with Crippen molar-refractivity contribution in [3.8, 4) is 0 Å². The first-order valence-corrected chi connectivity index (χ1v) is 12.9. The first-order valence-electron chi connectivity index (χ1n) is 12.9. The van der Waals surface area contributed by atoms with Crippen molar-refractivity contribution in [2.24, 2.45) is 17.2 Å². The summed E-state index contributed by atoms with van der Waals surface area (Å²) in [5.41, 5.74) is 18.1. The van der Waals surface area contributed by atoms with Gasteiger partial charge in [0.1, 0.15) is 18.1 Å². The number of benzene rings is 1. The molecule has 0 aliphatic heterocycles. The summed E-state index contributed by atoms with van der Waals surface area (Å²) >= 11 is 0. The molecule has 0 saturated carbocycles. The number of carboxylic acids is 1. The zero-order valence-corrected chi connectivity index (χ0v) is 22.5. The topological polar surface area (TPSA) is 281 Å². The molecule has 2 heterocycles. The molecule has 0 fully saturated rings. The van der Waals surface area contributed by atoms with E-state index in [0.717, 1.165) is 10.9 Å². The van der Waals surface area contributed by atoms with Gasteiger partial charge in [-0.2, -0.15) is 0 Å². The molecule has 12 N–H and O–H groups in total. The normalized spacial score (nSPS) is 13.8. The lowest BCUT2D eigenvalue weighted by Gasteiger charge is -2.25. The van der Waals surface area contributed by atoms with E-state index in [-0.39, 0.29) is 25.7 Å². The zero-order chi connectivity index (χ0) is 30.8. The van der Waals surface area contributed by atoms with E-state index >= 15 is 0 Å². The van der Waals surface area contributed by atoms with Gasteiger partial charge in [0, 0.05) is 48.3 Å². The Kier molecular flexibility index (Phi) is 10.7. The molecule has 42 heavy (non-hydrogen) atoms. The summed E-state index contributed by atoms with van der Waals surface area (Å²) in [5, 5.41) is 17.6. The number of nitrogens with one attached hydrogen (secondary N) is 5. The largest absolute Gasteiger partial charge is 0.480 e. The summed E-state index contributed by atoms with van der Waals surface area (Å²) in [5.74, 6) is -5.51. The lowest BCUT2D eigenvalue weighted by molar-refractivity contribution is -0.143. The van der Waals surface area contributed by atoms with Gasteiger partial charge in [-0.05, 0) is 18.1 Å². The second kappa shape index (κ2) is 14.4. The van der Waals surface area contributed by atoms with E-state index in [9.17, 15) is 33.9 Å². The molecule has 16 heteroatoms. The minimum atomic E-state index is -1.64. The summed E-state index contributed by atoms with van der Waals surface area (Å²) in [6.07, 6.45) is 3.43. The fraction of sp³-hybridized carbons (Fsp3) is 0.346. The highest BCUT2D eigenvalue weighted by Gasteiger charge is 2.32. The number of H-pyrrole nitrogens is 2. The molecule has 0 aliphatic carbocycles. The lowest BCUT2D eigenvalue weighted by Crippen LogP contribution is -2.58. The smallest absolute Gasteiger partial charge is 0.326 e. The molecule has 4 atom stereocenters. The van der Waals surface area contributed by atoms with Crippen LogP contribution in [0.1, 0.15) is 30.5 Å². The summed E-state index contributed by atoms with van der Waals surface area (Å²) in [6, 6.07) is 1.92. The Morgan fingerprint density at radius 3 is 2.12 bits per heavy atom. The fourth-order valence-corrected chi connectivity index (χ4v) is 4.21. The van der Waals surface area contributed by atoms with Crippen LogP contribution in [0.15, 0.2) is 43.0 Å². The fourth-order valence-electron chi connectivity index (χ4n) is 4.21. The van der Waals surface area contributed by atoms with E-state index in [0.29, 0.717) is 11.3 Å². The highest BCUT2D eigenvalue weighted by atomic mass is 16.4. The van der Waals surface area contributed by atoms with Gasteiger partial charge >= 0.3 is 5.97 Å². The van der Waals surface area contributed by atoms with Gasteiger partial charge in [0.25, 0.3) is 0 Å². The molecule has 1 aromatic carbocycles. The first kappa shape index (κ1) is 31.3. The van der Waals surface area contributed by atoms with Crippen molar-refractivity contribution in [2.45, 2.75) is 56.3 Å². The molecule has 0 saturated heterocycles. The molecule has 3 rings (SSSR count). The number of aliphatic carboxylic acids is 1. The Morgan fingerprint density at radius 2 is 1.50 bits per heavy atom. The van der Waals surface area contributed by atoms with Gasteiger partial charge in [0.15, 0.2) is 0 Å². The van der Waals surface area contributed by atoms with Crippen molar-refractivity contribution in [1.82, 2.24) is 30.9 Å². The molecule has 4 unspecified atom stereocenters. The van der Waals surface area contributed by atoms with Crippen molar-refractivity contribution < 1.29 is 33.9 Å². The molecule has 5 amide bonds. The summed E-state index contributed by atoms with van der Waals surface area (Å²) in [7, 11) is 0. The Morgan fingerprint density at radius 1 is 0.857 bits per heavy atom. The van der Waals surface area contributed by atoms with E-state index in [1.165, 1.54) is 12.5 Å². The van der Waals surface area contributed by atoms with Crippen molar-refractivity contribution in [3.05, 3.63) is 54.2 Å². The molecule has 16 nitrogen and oxygen atoms in total. The number of carbonyl (C=O) groups is 6. The number of amides is 5. The third-order valence-corrected chi connectivity index (χ3v) is 6.40. The average molecular weight is 584 g/mol. The second-order valence-corrected chi connectivity index (χ2v) is 9.65. The quantitative estimate of drug-likeness (QED) is 0.0874. The van der Waals surface area contributed by atoms with Gasteiger partial charge in [-0.3, -0.25) is 24.0 Å². The number of carbonyl (C=O) groups excluding carboxylic acids is 5. The van der Waals surface area contributed by atoms with Crippen molar-refractivity contribution in [3.63, 3.8) is 0 Å². The molecule has 0 spiro atoms. The van der Waals surface area contributed by atoms with Crippen LogP contribution in [0.5, 0.6) is 0 Å². The number of aromatic amines is 2. The van der Waals surface area contributed by atoms with Crippen LogP contribution in [0, 0.1) is 0 Å². The van der Waals surface area contributed by atoms with Crippen LogP contribution in [0.3, 0.4) is 0 Å². The monoisotopic (exact) mass is 583 g/mol. The van der Waals surface area contributed by atoms with Crippen molar-refractivity contribution in [1.29, 1.82) is 0 Å². The van der Waals surface area contributed by atoms with Gasteiger partial charge in [-0.25, -0.2) is 9.78 Å². The maximum absolute atomic E-state index is 13.6. The Labute approximate surface area is 239 Å². The SMILES string of the molecule is NC(=O)CCC(N)C(=O)NC(Cc1c[nH]c2ccccc12)C(=O)NC(Cc1cnc[nH]1)C(=O)NC(CC(N)=O)C(=O)O. The Hall–Kier alpha value is -5.25. The van der Waals surface area contributed by atoms with Crippen LogP contribution in [0.4, 0.5) is 0 Å². The van der Waals surface area contributed by atoms with E-state index in [2.05, 4.69) is 30.9 Å². The molecule has 0 aliphatic rings. The molecular weight excluding hydrogens is 550 g/mol. The van der Waals surface area contributed by atoms with Crippen LogP contribution < -0.4 is 33.2 Å². The number of hydrogen-bond acceptors (Lipinski definition) is 8. The van der Waals surface area contributed by atoms with Gasteiger partial charge in [-0.15, -0.1) is 0 Å². The van der Waals surface area contributed by atoms with E-state index in [1.807, 2.05) is 24.3 Å². The Bertz CT molecular complexity index is 1440. The van der Waals surface area contributed by atoms with Crippen molar-refractivity contribution in [2.75, 3.05) is 0 Å². The predicted octanol–water partition coefficient (Wildman–Crippen LogP) is -2.32. The number of imidazole rings is 1. The third-order valence-electron chi connectivity index (χ3n) is 6.40. The van der Waals surface area contributed by atoms with E-state index in [4.69, 9.17) is 17.2 Å². The van der Waals surface area contributed by atoms with Crippen LogP contribution in [-0.2, 0) is 41.6 Å². The van der Waals surface area contributed by atoms with Crippen LogP contribution >= 0.6 is 0 Å². The number of nitrogens with zero attached hydrogens (tertiary/aromatic N) is 1. The highest BCUT2D eigenvalue weighted by Crippen LogP contribution is 2.19. The summed E-state index contributed by atoms with van der Waals surface area (Å²) in [6.45, 7) is 0. The van der Waals surface area contributed by atoms with Gasteiger partial charge in [0.05, 0.1) is 18.8 Å². The number of fused-ring (bicyclic) bond motifs is 1.